The summed E-state index contributed by atoms with van der Waals surface area (Å²) in [6.07, 6.45) is 2.19. The summed E-state index contributed by atoms with van der Waals surface area (Å²) in [5, 5.41) is 0. The van der Waals surface area contributed by atoms with E-state index in [1.54, 1.807) is 44.5 Å². The molecular formula is C26H25FN4O3. The first kappa shape index (κ1) is 21.9. The van der Waals surface area contributed by atoms with E-state index < -0.39 is 17.1 Å². The maximum absolute atomic E-state index is 14.4. The number of methoxy groups -OCH3 is 1. The number of hydrogen-bond acceptors (Lipinski definition) is 6. The number of amides is 1. The van der Waals surface area contributed by atoms with Crippen molar-refractivity contribution in [3.05, 3.63) is 77.9 Å². The molecule has 0 saturated heterocycles. The molecular weight excluding hydrogens is 435 g/mol. The average molecular weight is 461 g/mol. The first-order chi connectivity index (χ1) is 16.2. The maximum Gasteiger partial charge on any atom is 0.261 e. The molecule has 2 aliphatic heterocycles. The highest BCUT2D eigenvalue weighted by atomic mass is 19.1. The van der Waals surface area contributed by atoms with Crippen molar-refractivity contribution in [1.82, 2.24) is 9.88 Å². The van der Waals surface area contributed by atoms with E-state index in [2.05, 4.69) is 9.98 Å². The van der Waals surface area contributed by atoms with E-state index in [9.17, 15) is 9.18 Å². The molecule has 3 aromatic rings. The van der Waals surface area contributed by atoms with Crippen LogP contribution in [0.15, 0.2) is 65.8 Å². The summed E-state index contributed by atoms with van der Waals surface area (Å²) < 4.78 is 26.3. The Hall–Kier alpha value is -3.94. The van der Waals surface area contributed by atoms with Gasteiger partial charge in [-0.2, -0.15) is 4.39 Å². The molecule has 1 spiro atoms. The fraction of sp³-hybridized carbons (Fsp3) is 0.269. The second-order valence-electron chi connectivity index (χ2n) is 9.00. The molecule has 0 radical (unpaired) electrons. The van der Waals surface area contributed by atoms with Crippen molar-refractivity contribution in [2.45, 2.75) is 30.9 Å². The van der Waals surface area contributed by atoms with E-state index >= 15 is 0 Å². The smallest absolute Gasteiger partial charge is 0.261 e. The quantitative estimate of drug-likeness (QED) is 0.600. The van der Waals surface area contributed by atoms with Gasteiger partial charge in [0.1, 0.15) is 17.1 Å². The van der Waals surface area contributed by atoms with Crippen LogP contribution in [0.2, 0.25) is 0 Å². The number of nitrogens with zero attached hydrogens (tertiary/aromatic N) is 3. The van der Waals surface area contributed by atoms with Crippen molar-refractivity contribution < 1.29 is 18.7 Å². The van der Waals surface area contributed by atoms with Gasteiger partial charge in [-0.25, -0.2) is 9.98 Å². The molecule has 2 unspecified atom stereocenters. The van der Waals surface area contributed by atoms with E-state index in [4.69, 9.17) is 15.2 Å². The van der Waals surface area contributed by atoms with E-state index in [0.29, 0.717) is 28.9 Å². The Balaban J connectivity index is 1.63. The zero-order valence-electron chi connectivity index (χ0n) is 19.2. The van der Waals surface area contributed by atoms with Crippen molar-refractivity contribution >= 4 is 11.9 Å². The second-order valence-corrected chi connectivity index (χ2v) is 9.00. The third kappa shape index (κ3) is 3.46. The number of halogens is 1. The molecule has 8 heteroatoms. The Morgan fingerprint density at radius 3 is 2.74 bits per heavy atom. The maximum atomic E-state index is 14.4. The third-order valence-electron chi connectivity index (χ3n) is 6.50. The summed E-state index contributed by atoms with van der Waals surface area (Å²) in [7, 11) is 3.23. The zero-order valence-corrected chi connectivity index (χ0v) is 19.2. The van der Waals surface area contributed by atoms with Gasteiger partial charge in [-0.15, -0.1) is 0 Å². The molecule has 2 aromatic carbocycles. The number of benzene rings is 2. The van der Waals surface area contributed by atoms with E-state index in [-0.39, 0.29) is 18.3 Å². The average Bonchev–Trinajstić information content (AvgIpc) is 3.02. The summed E-state index contributed by atoms with van der Waals surface area (Å²) in [4.78, 5) is 23.4. The normalized spacial score (nSPS) is 23.5. The fourth-order valence-electron chi connectivity index (χ4n) is 4.95. The minimum Gasteiger partial charge on any atom is -0.497 e. The van der Waals surface area contributed by atoms with Gasteiger partial charge in [-0.05, 0) is 54.4 Å². The Bertz CT molecular complexity index is 1330. The number of carbonyl (C=O) groups is 1. The summed E-state index contributed by atoms with van der Waals surface area (Å²) in [6, 6.07) is 16.3. The Labute approximate surface area is 197 Å². The molecule has 5 rings (SSSR count). The van der Waals surface area contributed by atoms with Crippen molar-refractivity contribution in [3.63, 3.8) is 0 Å². The van der Waals surface area contributed by atoms with Crippen molar-refractivity contribution in [3.8, 4) is 22.6 Å². The van der Waals surface area contributed by atoms with Gasteiger partial charge in [0.05, 0.1) is 7.11 Å². The van der Waals surface area contributed by atoms with Crippen LogP contribution in [-0.2, 0) is 16.8 Å². The lowest BCUT2D eigenvalue weighted by Gasteiger charge is -2.43. The molecule has 0 bridgehead atoms. The van der Waals surface area contributed by atoms with Crippen LogP contribution in [0.5, 0.6) is 11.5 Å². The van der Waals surface area contributed by atoms with Gasteiger partial charge in [0, 0.05) is 37.2 Å². The number of nitrogens with two attached hydrogens (primary N) is 1. The Morgan fingerprint density at radius 2 is 2.03 bits per heavy atom. The number of carbonyl (C=O) groups excluding carboxylic acids is 1. The second kappa shape index (κ2) is 7.83. The minimum absolute atomic E-state index is 0.138. The largest absolute Gasteiger partial charge is 0.497 e. The Morgan fingerprint density at radius 1 is 1.21 bits per heavy atom. The topological polar surface area (TPSA) is 90.0 Å². The molecule has 2 aliphatic rings. The van der Waals surface area contributed by atoms with Gasteiger partial charge in [0.15, 0.2) is 11.5 Å². The molecule has 34 heavy (non-hydrogen) atoms. The molecule has 1 amide bonds. The summed E-state index contributed by atoms with van der Waals surface area (Å²) in [5.74, 6) is 0.572. The lowest BCUT2D eigenvalue weighted by Crippen LogP contribution is -2.51. The van der Waals surface area contributed by atoms with E-state index in [0.717, 1.165) is 11.3 Å². The number of aromatic nitrogens is 1. The van der Waals surface area contributed by atoms with Gasteiger partial charge in [-0.3, -0.25) is 9.69 Å². The number of pyridine rings is 1. The number of rotatable bonds is 4. The Kier molecular flexibility index (Phi) is 5.04. The van der Waals surface area contributed by atoms with Gasteiger partial charge in [0.25, 0.3) is 5.91 Å². The highest BCUT2D eigenvalue weighted by molar-refractivity contribution is 6.07. The first-order valence-corrected chi connectivity index (χ1v) is 11.0. The van der Waals surface area contributed by atoms with Crippen LogP contribution in [0.3, 0.4) is 0 Å². The van der Waals surface area contributed by atoms with E-state index in [1.165, 1.54) is 11.1 Å². The van der Waals surface area contributed by atoms with Gasteiger partial charge < -0.3 is 15.2 Å². The molecule has 1 aromatic heterocycles. The van der Waals surface area contributed by atoms with Crippen LogP contribution in [0.4, 0.5) is 4.39 Å². The number of hydrogen-bond donors (Lipinski definition) is 1. The van der Waals surface area contributed by atoms with Crippen LogP contribution in [0.25, 0.3) is 11.1 Å². The molecule has 2 atom stereocenters. The summed E-state index contributed by atoms with van der Waals surface area (Å²) in [5.41, 5.74) is 6.57. The van der Waals surface area contributed by atoms with Crippen LogP contribution in [-0.4, -0.2) is 41.5 Å². The first-order valence-electron chi connectivity index (χ1n) is 11.0. The number of aliphatic imine (C=N–C) groups is 1. The molecule has 174 valence electrons. The van der Waals surface area contributed by atoms with Gasteiger partial charge >= 0.3 is 0 Å². The van der Waals surface area contributed by atoms with Crippen LogP contribution < -0.4 is 15.2 Å². The molecule has 0 saturated carbocycles. The minimum atomic E-state index is -1.27. The van der Waals surface area contributed by atoms with Crippen molar-refractivity contribution in [1.29, 1.82) is 0 Å². The molecule has 0 aliphatic carbocycles. The number of ether oxygens (including phenoxy) is 2. The molecule has 0 fully saturated rings. The predicted octanol–water partition coefficient (Wildman–Crippen LogP) is 3.66. The highest BCUT2D eigenvalue weighted by Crippen LogP contribution is 2.50. The lowest BCUT2D eigenvalue weighted by molar-refractivity contribution is -0.133. The molecule has 7 nitrogen and oxygen atoms in total. The fourth-order valence-corrected chi connectivity index (χ4v) is 4.95. The zero-order chi connectivity index (χ0) is 24.1. The van der Waals surface area contributed by atoms with Crippen molar-refractivity contribution in [2.24, 2.45) is 10.7 Å². The lowest BCUT2D eigenvalue weighted by atomic mass is 9.74. The van der Waals surface area contributed by atoms with Crippen LogP contribution in [0.1, 0.15) is 24.5 Å². The van der Waals surface area contributed by atoms with Gasteiger partial charge in [0.2, 0.25) is 5.95 Å². The number of guanidine groups is 1. The van der Waals surface area contributed by atoms with Crippen LogP contribution >= 0.6 is 0 Å². The molecule has 3 heterocycles. The number of fused-ring (bicyclic) bond motifs is 2. The SMILES string of the molecule is COc1cccc(CC2(C)CC3(N=C(N)N(C)C3=O)c3cc(-c4cccnc4F)ccc3O2)c1. The van der Waals surface area contributed by atoms with Gasteiger partial charge in [-0.1, -0.05) is 18.2 Å². The molecule has 2 N–H and O–H groups in total. The number of likely N-dealkylation sites (N-methyl/N-ethyl adjacent to an activating group) is 1. The standard InChI is InChI=1S/C26H25FN4O3/c1-25(14-16-6-4-7-18(12-16)33-3)15-26(23(32)31(2)24(28)30-26)20-13-17(9-10-21(20)34-25)19-8-5-11-29-22(19)27/h4-13H,14-15H2,1-3H3,(H2,28,30). The summed E-state index contributed by atoms with van der Waals surface area (Å²) >= 11 is 0. The summed E-state index contributed by atoms with van der Waals surface area (Å²) in [6.45, 7) is 1.96. The van der Waals surface area contributed by atoms with E-state index in [1.807, 2.05) is 31.2 Å². The monoisotopic (exact) mass is 460 g/mol. The highest BCUT2D eigenvalue weighted by Gasteiger charge is 2.56. The third-order valence-corrected chi connectivity index (χ3v) is 6.50. The predicted molar refractivity (Wildman–Crippen MR) is 126 cm³/mol. The van der Waals surface area contributed by atoms with Crippen molar-refractivity contribution in [2.75, 3.05) is 14.2 Å². The van der Waals surface area contributed by atoms with Crippen LogP contribution in [0, 0.1) is 5.95 Å².